The fourth-order valence-corrected chi connectivity index (χ4v) is 2.40. The zero-order valence-electron chi connectivity index (χ0n) is 13.5. The van der Waals surface area contributed by atoms with Gasteiger partial charge in [0.25, 0.3) is 0 Å². The van der Waals surface area contributed by atoms with Crippen LogP contribution in [-0.4, -0.2) is 12.6 Å². The van der Waals surface area contributed by atoms with Gasteiger partial charge in [0.05, 0.1) is 12.5 Å². The molecule has 2 nitrogen and oxygen atoms in total. The van der Waals surface area contributed by atoms with Gasteiger partial charge in [-0.25, -0.2) is 0 Å². The van der Waals surface area contributed by atoms with Gasteiger partial charge in [0, 0.05) is 0 Å². The Bertz CT molecular complexity index is 211. The second-order valence-electron chi connectivity index (χ2n) is 5.98. The second-order valence-corrected chi connectivity index (χ2v) is 5.98. The van der Waals surface area contributed by atoms with E-state index in [1.165, 1.54) is 38.5 Å². The minimum absolute atomic E-state index is 0.0311. The van der Waals surface area contributed by atoms with Crippen LogP contribution in [0.25, 0.3) is 0 Å². The molecular weight excluding hydrogens is 236 g/mol. The molecule has 19 heavy (non-hydrogen) atoms. The van der Waals surface area contributed by atoms with Crippen LogP contribution >= 0.6 is 0 Å². The van der Waals surface area contributed by atoms with Gasteiger partial charge < -0.3 is 4.74 Å². The monoisotopic (exact) mass is 270 g/mol. The lowest BCUT2D eigenvalue weighted by molar-refractivity contribution is -0.148. The minimum Gasteiger partial charge on any atom is -0.466 e. The molecule has 2 heteroatoms. The van der Waals surface area contributed by atoms with Gasteiger partial charge in [-0.2, -0.15) is 0 Å². The summed E-state index contributed by atoms with van der Waals surface area (Å²) in [5, 5.41) is 0. The van der Waals surface area contributed by atoms with Crippen molar-refractivity contribution in [3.05, 3.63) is 0 Å². The van der Waals surface area contributed by atoms with Crippen LogP contribution in [0.3, 0.4) is 0 Å². The summed E-state index contributed by atoms with van der Waals surface area (Å²) in [6.45, 7) is 9.14. The third kappa shape index (κ3) is 11.0. The molecule has 0 aromatic carbocycles. The Morgan fingerprint density at radius 1 is 0.895 bits per heavy atom. The molecule has 0 bridgehead atoms. The van der Waals surface area contributed by atoms with Crippen molar-refractivity contribution in [2.45, 2.75) is 85.5 Å². The predicted octanol–water partition coefficient (Wildman–Crippen LogP) is 5.35. The standard InChI is InChI=1S/C17H34O2/c1-5-7-8-9-13-16(17(18)19-6-2)14-11-10-12-15(3)4/h15-16H,5-14H2,1-4H3. The lowest BCUT2D eigenvalue weighted by atomic mass is 9.94. The summed E-state index contributed by atoms with van der Waals surface area (Å²) < 4.78 is 5.20. The molecular formula is C17H34O2. The molecule has 114 valence electrons. The number of hydrogen-bond acceptors (Lipinski definition) is 2. The smallest absolute Gasteiger partial charge is 0.308 e. The van der Waals surface area contributed by atoms with E-state index in [9.17, 15) is 4.79 Å². The molecule has 0 fully saturated rings. The molecule has 1 atom stereocenters. The van der Waals surface area contributed by atoms with Crippen LogP contribution in [0, 0.1) is 11.8 Å². The Morgan fingerprint density at radius 2 is 1.47 bits per heavy atom. The van der Waals surface area contributed by atoms with E-state index in [4.69, 9.17) is 4.74 Å². The van der Waals surface area contributed by atoms with E-state index in [0.717, 1.165) is 25.2 Å². The molecule has 0 saturated carbocycles. The number of carbonyl (C=O) groups excluding carboxylic acids is 1. The quantitative estimate of drug-likeness (QED) is 0.353. The summed E-state index contributed by atoms with van der Waals surface area (Å²) in [4.78, 5) is 11.9. The molecule has 0 aliphatic carbocycles. The first kappa shape index (κ1) is 18.5. The molecule has 0 spiro atoms. The first-order chi connectivity index (χ1) is 9.11. The number of unbranched alkanes of at least 4 members (excludes halogenated alkanes) is 4. The molecule has 0 aromatic rings. The maximum Gasteiger partial charge on any atom is 0.308 e. The van der Waals surface area contributed by atoms with E-state index in [2.05, 4.69) is 20.8 Å². The summed E-state index contributed by atoms with van der Waals surface area (Å²) in [5.41, 5.74) is 0. The number of esters is 1. The Balaban J connectivity index is 3.92. The van der Waals surface area contributed by atoms with E-state index in [0.29, 0.717) is 6.61 Å². The number of rotatable bonds is 12. The topological polar surface area (TPSA) is 26.3 Å². The van der Waals surface area contributed by atoms with Gasteiger partial charge in [-0.3, -0.25) is 4.79 Å². The molecule has 0 radical (unpaired) electrons. The van der Waals surface area contributed by atoms with Crippen LogP contribution in [0.5, 0.6) is 0 Å². The average molecular weight is 270 g/mol. The molecule has 1 unspecified atom stereocenters. The van der Waals surface area contributed by atoms with Crippen molar-refractivity contribution in [2.24, 2.45) is 11.8 Å². The van der Waals surface area contributed by atoms with E-state index >= 15 is 0 Å². The Kier molecular flexibility index (Phi) is 12.2. The van der Waals surface area contributed by atoms with E-state index in [-0.39, 0.29) is 11.9 Å². The number of carbonyl (C=O) groups is 1. The van der Waals surface area contributed by atoms with Crippen molar-refractivity contribution in [3.63, 3.8) is 0 Å². The minimum atomic E-state index is 0.0311. The maximum absolute atomic E-state index is 11.9. The highest BCUT2D eigenvalue weighted by Gasteiger charge is 2.18. The SMILES string of the molecule is CCCCCCC(CCCCC(C)C)C(=O)OCC. The molecule has 0 heterocycles. The fourth-order valence-electron chi connectivity index (χ4n) is 2.40. The Labute approximate surface area is 120 Å². The summed E-state index contributed by atoms with van der Waals surface area (Å²) in [6.07, 6.45) is 10.6. The molecule has 0 N–H and O–H groups in total. The lowest BCUT2D eigenvalue weighted by Gasteiger charge is -2.15. The van der Waals surface area contributed by atoms with Gasteiger partial charge in [-0.1, -0.05) is 65.7 Å². The molecule has 0 amide bonds. The lowest BCUT2D eigenvalue weighted by Crippen LogP contribution is -2.18. The van der Waals surface area contributed by atoms with Gasteiger partial charge >= 0.3 is 5.97 Å². The zero-order valence-corrected chi connectivity index (χ0v) is 13.5. The molecule has 0 saturated heterocycles. The summed E-state index contributed by atoms with van der Waals surface area (Å²) in [5.74, 6) is 0.943. The van der Waals surface area contributed by atoms with Crippen LogP contribution < -0.4 is 0 Å². The normalized spacial score (nSPS) is 12.7. The highest BCUT2D eigenvalue weighted by Crippen LogP contribution is 2.20. The van der Waals surface area contributed by atoms with Crippen molar-refractivity contribution in [2.75, 3.05) is 6.61 Å². The van der Waals surface area contributed by atoms with Gasteiger partial charge in [0.15, 0.2) is 0 Å². The first-order valence-corrected chi connectivity index (χ1v) is 8.28. The van der Waals surface area contributed by atoms with Crippen molar-refractivity contribution < 1.29 is 9.53 Å². The summed E-state index contributed by atoms with van der Waals surface area (Å²) in [6, 6.07) is 0. The van der Waals surface area contributed by atoms with Gasteiger partial charge in [-0.15, -0.1) is 0 Å². The molecule has 0 rings (SSSR count). The number of hydrogen-bond donors (Lipinski definition) is 0. The average Bonchev–Trinajstić information content (AvgIpc) is 2.36. The van der Waals surface area contributed by atoms with Crippen LogP contribution in [0.15, 0.2) is 0 Å². The van der Waals surface area contributed by atoms with Crippen LogP contribution in [0.1, 0.15) is 85.5 Å². The predicted molar refractivity (Wildman–Crippen MR) is 82.2 cm³/mol. The molecule has 0 aliphatic rings. The van der Waals surface area contributed by atoms with Crippen molar-refractivity contribution in [1.82, 2.24) is 0 Å². The second kappa shape index (κ2) is 12.5. The van der Waals surface area contributed by atoms with Gasteiger partial charge in [0.2, 0.25) is 0 Å². The Hall–Kier alpha value is -0.530. The van der Waals surface area contributed by atoms with Gasteiger partial charge in [0.1, 0.15) is 0 Å². The van der Waals surface area contributed by atoms with Crippen LogP contribution in [0.4, 0.5) is 0 Å². The zero-order chi connectivity index (χ0) is 14.5. The highest BCUT2D eigenvalue weighted by atomic mass is 16.5. The fraction of sp³-hybridized carbons (Fsp3) is 0.941. The molecule has 0 aliphatic heterocycles. The van der Waals surface area contributed by atoms with Crippen LogP contribution in [-0.2, 0) is 9.53 Å². The Morgan fingerprint density at radius 3 is 2.00 bits per heavy atom. The maximum atomic E-state index is 11.9. The van der Waals surface area contributed by atoms with Crippen molar-refractivity contribution in [1.29, 1.82) is 0 Å². The largest absolute Gasteiger partial charge is 0.466 e. The summed E-state index contributed by atoms with van der Waals surface area (Å²) in [7, 11) is 0. The van der Waals surface area contributed by atoms with Crippen LogP contribution in [0.2, 0.25) is 0 Å². The summed E-state index contributed by atoms with van der Waals surface area (Å²) >= 11 is 0. The van der Waals surface area contributed by atoms with Crippen molar-refractivity contribution >= 4 is 5.97 Å². The van der Waals surface area contributed by atoms with E-state index in [1.54, 1.807) is 0 Å². The molecule has 0 aromatic heterocycles. The van der Waals surface area contributed by atoms with Gasteiger partial charge in [-0.05, 0) is 25.7 Å². The highest BCUT2D eigenvalue weighted by molar-refractivity contribution is 5.72. The van der Waals surface area contributed by atoms with Crippen molar-refractivity contribution in [3.8, 4) is 0 Å². The number of ether oxygens (including phenoxy) is 1. The van der Waals surface area contributed by atoms with E-state index in [1.807, 2.05) is 6.92 Å². The van der Waals surface area contributed by atoms with E-state index < -0.39 is 0 Å². The third-order valence-corrected chi connectivity index (χ3v) is 3.61. The first-order valence-electron chi connectivity index (χ1n) is 8.28. The third-order valence-electron chi connectivity index (χ3n) is 3.61.